The first-order chi connectivity index (χ1) is 23.8. The van der Waals surface area contributed by atoms with Gasteiger partial charge in [0.15, 0.2) is 0 Å². The molecular formula is C35H31Cl3N4O6S2. The van der Waals surface area contributed by atoms with Gasteiger partial charge < -0.3 is 4.42 Å². The highest BCUT2D eigenvalue weighted by atomic mass is 35.5. The third-order valence-corrected chi connectivity index (χ3v) is 11.8. The van der Waals surface area contributed by atoms with Crippen LogP contribution in [0.2, 0.25) is 15.1 Å². The Balaban J connectivity index is 1.30. The van der Waals surface area contributed by atoms with E-state index < -0.39 is 32.5 Å². The first-order valence-electron chi connectivity index (χ1n) is 15.0. The lowest BCUT2D eigenvalue weighted by Gasteiger charge is -2.22. The summed E-state index contributed by atoms with van der Waals surface area (Å²) in [6, 6.07) is 29.0. The van der Waals surface area contributed by atoms with Crippen molar-refractivity contribution < 1.29 is 26.0 Å². The fourth-order valence-electron chi connectivity index (χ4n) is 4.78. The van der Waals surface area contributed by atoms with Gasteiger partial charge >= 0.3 is 0 Å². The molecule has 1 aromatic heterocycles. The highest BCUT2D eigenvalue weighted by molar-refractivity contribution is 7.89. The fourth-order valence-corrected chi connectivity index (χ4v) is 8.14. The molecule has 0 aliphatic heterocycles. The average molecular weight is 774 g/mol. The highest BCUT2D eigenvalue weighted by Gasteiger charge is 2.28. The van der Waals surface area contributed by atoms with Gasteiger partial charge in [-0.05, 0) is 78.7 Å². The minimum Gasteiger partial charge on any atom is -0.459 e. The number of nitrogens with zero attached hydrogens (tertiary/aromatic N) is 3. The van der Waals surface area contributed by atoms with Gasteiger partial charge in [0.05, 0.1) is 29.1 Å². The molecule has 1 amide bonds. The second-order valence-electron chi connectivity index (χ2n) is 11.1. The molecule has 0 atom stereocenters. The van der Waals surface area contributed by atoms with Gasteiger partial charge in [-0.15, -0.1) is 0 Å². The average Bonchev–Trinajstić information content (AvgIpc) is 3.53. The van der Waals surface area contributed by atoms with E-state index in [0.29, 0.717) is 32.0 Å². The van der Waals surface area contributed by atoms with Crippen molar-refractivity contribution in [1.29, 1.82) is 0 Å². The number of carbonyl (C=O) groups excluding carboxylic acids is 1. The maximum absolute atomic E-state index is 13.8. The molecule has 15 heteroatoms. The molecule has 50 heavy (non-hydrogen) atoms. The van der Waals surface area contributed by atoms with Gasteiger partial charge in [0.1, 0.15) is 11.5 Å². The van der Waals surface area contributed by atoms with Crippen molar-refractivity contribution in [1.82, 2.24) is 14.0 Å². The molecule has 0 spiro atoms. The maximum atomic E-state index is 13.8. The zero-order chi connectivity index (χ0) is 35.9. The molecule has 5 rings (SSSR count). The summed E-state index contributed by atoms with van der Waals surface area (Å²) in [7, 11) is -8.08. The molecule has 260 valence electrons. The second-order valence-corrected chi connectivity index (χ2v) is 16.3. The summed E-state index contributed by atoms with van der Waals surface area (Å²) >= 11 is 18.4. The molecular weight excluding hydrogens is 743 g/mol. The molecule has 0 unspecified atom stereocenters. The van der Waals surface area contributed by atoms with Crippen molar-refractivity contribution in [2.24, 2.45) is 5.10 Å². The van der Waals surface area contributed by atoms with Crippen LogP contribution in [0.5, 0.6) is 0 Å². The monoisotopic (exact) mass is 772 g/mol. The van der Waals surface area contributed by atoms with E-state index in [1.54, 1.807) is 72.8 Å². The Kier molecular flexibility index (Phi) is 12.2. The van der Waals surface area contributed by atoms with Crippen molar-refractivity contribution in [2.75, 3.05) is 6.54 Å². The van der Waals surface area contributed by atoms with E-state index in [4.69, 9.17) is 39.2 Å². The van der Waals surface area contributed by atoms with Crippen LogP contribution in [0.25, 0.3) is 0 Å². The quantitative estimate of drug-likeness (QED) is 0.0933. The number of amides is 1. The summed E-state index contributed by atoms with van der Waals surface area (Å²) in [5.74, 6) is -0.189. The summed E-state index contributed by atoms with van der Waals surface area (Å²) in [6.07, 6.45) is 1.23. The Labute approximate surface area is 306 Å². The molecule has 0 aliphatic carbocycles. The van der Waals surface area contributed by atoms with Gasteiger partial charge in [0, 0.05) is 28.2 Å². The number of halogens is 3. The van der Waals surface area contributed by atoms with Crippen LogP contribution in [0.15, 0.2) is 129 Å². The third-order valence-electron chi connectivity index (χ3n) is 7.39. The molecule has 0 fully saturated rings. The maximum Gasteiger partial charge on any atom is 0.255 e. The molecule has 0 saturated carbocycles. The standard InChI is InChI=1S/C35H31Cl3N4O6S2/c1-25-7-15-32(16-8-25)50(46,47)42(22-27-9-10-29(37)19-34(27)38)23-31-14-13-30(48-31)20-39-40-35(43)24-41(21-26-5-3-2-4-6-26)49(44,45)33-17-11-28(36)12-18-33/h2-20H,21-24H2,1H3,(H,40,43)/b39-20-. The zero-order valence-electron chi connectivity index (χ0n) is 26.5. The summed E-state index contributed by atoms with van der Waals surface area (Å²) in [5, 5.41) is 5.04. The number of rotatable bonds is 14. The summed E-state index contributed by atoms with van der Waals surface area (Å²) in [4.78, 5) is 13.0. The van der Waals surface area contributed by atoms with E-state index >= 15 is 0 Å². The van der Waals surface area contributed by atoms with Gasteiger partial charge in [0.25, 0.3) is 5.91 Å². The van der Waals surface area contributed by atoms with Crippen LogP contribution in [-0.4, -0.2) is 44.1 Å². The minimum absolute atomic E-state index is 0.0194. The Bertz CT molecular complexity index is 2200. The first kappa shape index (κ1) is 37.3. The van der Waals surface area contributed by atoms with Crippen molar-refractivity contribution >= 4 is 67.0 Å². The lowest BCUT2D eigenvalue weighted by Crippen LogP contribution is -2.39. The lowest BCUT2D eigenvalue weighted by molar-refractivity contribution is -0.121. The number of nitrogens with one attached hydrogen (secondary N) is 1. The van der Waals surface area contributed by atoms with E-state index in [1.165, 1.54) is 46.9 Å². The van der Waals surface area contributed by atoms with Gasteiger partial charge in [-0.1, -0.05) is 88.9 Å². The number of benzene rings is 4. The Morgan fingerprint density at radius 2 is 1.36 bits per heavy atom. The van der Waals surface area contributed by atoms with Gasteiger partial charge in [-0.3, -0.25) is 4.79 Å². The van der Waals surface area contributed by atoms with Gasteiger partial charge in [0.2, 0.25) is 20.0 Å². The van der Waals surface area contributed by atoms with Crippen LogP contribution in [0, 0.1) is 6.92 Å². The minimum atomic E-state index is -4.08. The van der Waals surface area contributed by atoms with Crippen LogP contribution in [0.3, 0.4) is 0 Å². The van der Waals surface area contributed by atoms with Gasteiger partial charge in [-0.2, -0.15) is 13.7 Å². The van der Waals surface area contributed by atoms with Crippen LogP contribution in [0.1, 0.15) is 28.2 Å². The largest absolute Gasteiger partial charge is 0.459 e. The zero-order valence-corrected chi connectivity index (χ0v) is 30.4. The van der Waals surface area contributed by atoms with E-state index in [1.807, 2.05) is 6.92 Å². The number of aryl methyl sites for hydroxylation is 1. The fraction of sp³-hybridized carbons (Fsp3) is 0.143. The number of furan rings is 1. The highest BCUT2D eigenvalue weighted by Crippen LogP contribution is 2.27. The topological polar surface area (TPSA) is 129 Å². The van der Waals surface area contributed by atoms with Gasteiger partial charge in [-0.25, -0.2) is 22.3 Å². The van der Waals surface area contributed by atoms with Crippen molar-refractivity contribution in [3.8, 4) is 0 Å². The number of carbonyl (C=O) groups is 1. The molecule has 5 aromatic rings. The molecule has 4 aromatic carbocycles. The predicted octanol–water partition coefficient (Wildman–Crippen LogP) is 7.28. The van der Waals surface area contributed by atoms with Crippen LogP contribution in [0.4, 0.5) is 0 Å². The van der Waals surface area contributed by atoms with E-state index in [9.17, 15) is 21.6 Å². The molecule has 1 N–H and O–H groups in total. The number of hydrazone groups is 1. The van der Waals surface area contributed by atoms with E-state index in [0.717, 1.165) is 9.87 Å². The number of sulfonamides is 2. The third kappa shape index (κ3) is 9.61. The van der Waals surface area contributed by atoms with Crippen molar-refractivity contribution in [3.05, 3.63) is 152 Å². The Morgan fingerprint density at radius 1 is 0.740 bits per heavy atom. The Morgan fingerprint density at radius 3 is 2.02 bits per heavy atom. The molecule has 0 bridgehead atoms. The van der Waals surface area contributed by atoms with E-state index in [2.05, 4.69) is 10.5 Å². The molecule has 0 saturated heterocycles. The molecule has 0 radical (unpaired) electrons. The van der Waals surface area contributed by atoms with Crippen LogP contribution in [-0.2, 0) is 44.5 Å². The van der Waals surface area contributed by atoms with Crippen molar-refractivity contribution in [3.63, 3.8) is 0 Å². The smallest absolute Gasteiger partial charge is 0.255 e. The summed E-state index contributed by atoms with van der Waals surface area (Å²) < 4.78 is 62.6. The second kappa shape index (κ2) is 16.3. The number of hydrogen-bond acceptors (Lipinski definition) is 7. The SMILES string of the molecule is Cc1ccc(S(=O)(=O)N(Cc2ccc(/C=N\NC(=O)CN(Cc3ccccc3)S(=O)(=O)c3ccc(Cl)cc3)o2)Cc2ccc(Cl)cc2Cl)cc1. The summed E-state index contributed by atoms with van der Waals surface area (Å²) in [6.45, 7) is 1.06. The Hall–Kier alpha value is -4.01. The molecule has 10 nitrogen and oxygen atoms in total. The lowest BCUT2D eigenvalue weighted by atomic mass is 10.2. The van der Waals surface area contributed by atoms with E-state index in [-0.39, 0.29) is 35.2 Å². The predicted molar refractivity (Wildman–Crippen MR) is 194 cm³/mol. The van der Waals surface area contributed by atoms with Crippen LogP contribution >= 0.6 is 34.8 Å². The number of hydrogen-bond donors (Lipinski definition) is 1. The summed E-state index contributed by atoms with van der Waals surface area (Å²) in [5.41, 5.74) is 4.47. The first-order valence-corrected chi connectivity index (χ1v) is 19.0. The van der Waals surface area contributed by atoms with Crippen molar-refractivity contribution in [2.45, 2.75) is 36.3 Å². The molecule has 1 heterocycles. The molecule has 0 aliphatic rings. The van der Waals surface area contributed by atoms with Crippen LogP contribution < -0.4 is 5.43 Å². The normalized spacial score (nSPS) is 12.2.